The van der Waals surface area contributed by atoms with Crippen LogP contribution in [0.2, 0.25) is 0 Å². The molecular formula is C23H26FN5O5S. The van der Waals surface area contributed by atoms with Crippen LogP contribution in [0.1, 0.15) is 19.5 Å². The summed E-state index contributed by atoms with van der Waals surface area (Å²) in [6.45, 7) is 4.86. The molecule has 0 bridgehead atoms. The zero-order valence-corrected chi connectivity index (χ0v) is 20.2. The van der Waals surface area contributed by atoms with Crippen molar-refractivity contribution < 1.29 is 27.4 Å². The van der Waals surface area contributed by atoms with Crippen molar-refractivity contribution >= 4 is 33.4 Å². The minimum Gasteiger partial charge on any atom is -0.478 e. The number of halogens is 1. The number of hydrogen-bond acceptors (Lipinski definition) is 8. The Morgan fingerprint density at radius 3 is 2.34 bits per heavy atom. The van der Waals surface area contributed by atoms with Gasteiger partial charge in [-0.3, -0.25) is 0 Å². The average molecular weight is 504 g/mol. The predicted octanol–water partition coefficient (Wildman–Crippen LogP) is 3.30. The van der Waals surface area contributed by atoms with Gasteiger partial charge in [-0.2, -0.15) is 4.98 Å². The Morgan fingerprint density at radius 1 is 1.06 bits per heavy atom. The number of aliphatic carboxylic acids is 1. The van der Waals surface area contributed by atoms with Crippen LogP contribution in [0, 0.1) is 12.7 Å². The van der Waals surface area contributed by atoms with Crippen LogP contribution in [0.15, 0.2) is 59.5 Å². The van der Waals surface area contributed by atoms with E-state index >= 15 is 0 Å². The van der Waals surface area contributed by atoms with Crippen LogP contribution in [0.5, 0.6) is 5.75 Å². The van der Waals surface area contributed by atoms with E-state index in [4.69, 9.17) is 9.84 Å². The van der Waals surface area contributed by atoms with Gasteiger partial charge in [0.2, 0.25) is 16.0 Å². The molecule has 0 radical (unpaired) electrons. The second-order valence-electron chi connectivity index (χ2n) is 8.06. The van der Waals surface area contributed by atoms with Crippen LogP contribution in [0.25, 0.3) is 0 Å². The summed E-state index contributed by atoms with van der Waals surface area (Å²) in [4.78, 5) is 19.8. The summed E-state index contributed by atoms with van der Waals surface area (Å²) in [7, 11) is -3.80. The van der Waals surface area contributed by atoms with Gasteiger partial charge in [-0.1, -0.05) is 0 Å². The highest BCUT2D eigenvalue weighted by atomic mass is 32.2. The monoisotopic (exact) mass is 503 g/mol. The smallest absolute Gasteiger partial charge is 0.347 e. The van der Waals surface area contributed by atoms with Crippen molar-refractivity contribution in [3.05, 3.63) is 66.1 Å². The molecule has 4 N–H and O–H groups in total. The maximum atomic E-state index is 13.1. The third-order valence-corrected chi connectivity index (χ3v) is 6.17. The summed E-state index contributed by atoms with van der Waals surface area (Å²) in [6, 6.07) is 13.0. The zero-order valence-electron chi connectivity index (χ0n) is 19.4. The highest BCUT2D eigenvalue weighted by Crippen LogP contribution is 2.21. The summed E-state index contributed by atoms with van der Waals surface area (Å²) >= 11 is 0. The third kappa shape index (κ3) is 7.36. The molecule has 0 saturated carbocycles. The number of hydrogen-bond donors (Lipinski definition) is 4. The van der Waals surface area contributed by atoms with Crippen LogP contribution in [-0.2, 0) is 14.8 Å². The topological polar surface area (TPSA) is 143 Å². The van der Waals surface area contributed by atoms with Gasteiger partial charge in [0.1, 0.15) is 17.4 Å². The number of carbonyl (C=O) groups is 1. The Hall–Kier alpha value is -3.77. The first-order valence-corrected chi connectivity index (χ1v) is 12.1. The molecule has 0 aliphatic carbocycles. The molecule has 3 aromatic rings. The second kappa shape index (κ2) is 10.7. The molecular weight excluding hydrogens is 477 g/mol. The summed E-state index contributed by atoms with van der Waals surface area (Å²) in [5, 5.41) is 15.2. The Bertz CT molecular complexity index is 1280. The highest BCUT2D eigenvalue weighted by molar-refractivity contribution is 7.89. The lowest BCUT2D eigenvalue weighted by molar-refractivity contribution is -0.152. The third-order valence-electron chi connectivity index (χ3n) is 4.69. The molecule has 10 nitrogen and oxygen atoms in total. The first-order chi connectivity index (χ1) is 16.4. The quantitative estimate of drug-likeness (QED) is 0.290. The zero-order chi connectivity index (χ0) is 25.6. The number of aromatic nitrogens is 2. The Kier molecular flexibility index (Phi) is 7.87. The number of benzene rings is 2. The van der Waals surface area contributed by atoms with Gasteiger partial charge in [0.25, 0.3) is 0 Å². The van der Waals surface area contributed by atoms with E-state index in [9.17, 15) is 17.6 Å². The minimum atomic E-state index is -3.80. The number of aryl methyl sites for hydroxylation is 1. The van der Waals surface area contributed by atoms with Crippen LogP contribution < -0.4 is 20.1 Å². The minimum absolute atomic E-state index is 0.00979. The summed E-state index contributed by atoms with van der Waals surface area (Å²) in [5.74, 6) is -0.443. The van der Waals surface area contributed by atoms with Gasteiger partial charge >= 0.3 is 5.97 Å². The van der Waals surface area contributed by atoms with Crippen molar-refractivity contribution in [1.82, 2.24) is 14.7 Å². The molecule has 0 saturated heterocycles. The molecule has 186 valence electrons. The van der Waals surface area contributed by atoms with Gasteiger partial charge in [-0.25, -0.2) is 27.3 Å². The van der Waals surface area contributed by atoms with E-state index in [2.05, 4.69) is 25.3 Å². The van der Waals surface area contributed by atoms with Crippen molar-refractivity contribution in [2.75, 3.05) is 23.7 Å². The fourth-order valence-electron chi connectivity index (χ4n) is 2.86. The molecule has 0 aliphatic rings. The molecule has 0 aliphatic heterocycles. The Labute approximate surface area is 202 Å². The summed E-state index contributed by atoms with van der Waals surface area (Å²) in [6.07, 6.45) is 0. The van der Waals surface area contributed by atoms with Crippen LogP contribution in [-0.4, -0.2) is 48.2 Å². The van der Waals surface area contributed by atoms with Gasteiger partial charge in [-0.15, -0.1) is 0 Å². The fraction of sp³-hybridized carbons (Fsp3) is 0.261. The number of nitrogens with zero attached hydrogens (tertiary/aromatic N) is 2. The average Bonchev–Trinajstić information content (AvgIpc) is 2.78. The first-order valence-electron chi connectivity index (χ1n) is 10.6. The van der Waals surface area contributed by atoms with Crippen LogP contribution in [0.3, 0.4) is 0 Å². The summed E-state index contributed by atoms with van der Waals surface area (Å²) in [5.41, 5.74) is -0.108. The molecule has 0 unspecified atom stereocenters. The first kappa shape index (κ1) is 25.8. The SMILES string of the molecule is Cc1cc(Nc2ccc(F)cc2)nc(NCCNS(=O)(=O)c2ccc(OC(C)(C)C(=O)O)cc2)n1. The van der Waals surface area contributed by atoms with Crippen molar-refractivity contribution in [2.45, 2.75) is 31.3 Å². The van der Waals surface area contributed by atoms with E-state index in [1.165, 1.54) is 50.2 Å². The maximum Gasteiger partial charge on any atom is 0.347 e. The second-order valence-corrected chi connectivity index (χ2v) is 9.83. The van der Waals surface area contributed by atoms with Crippen molar-refractivity contribution in [3.63, 3.8) is 0 Å². The maximum absolute atomic E-state index is 13.1. The van der Waals surface area contributed by atoms with Gasteiger partial charge < -0.3 is 20.5 Å². The van der Waals surface area contributed by atoms with Crippen LogP contribution >= 0.6 is 0 Å². The van der Waals surface area contributed by atoms with Crippen molar-refractivity contribution in [3.8, 4) is 5.75 Å². The normalized spacial score (nSPS) is 11.7. The Balaban J connectivity index is 1.55. The number of rotatable bonds is 11. The van der Waals surface area contributed by atoms with Gasteiger partial charge in [0.15, 0.2) is 5.60 Å². The number of anilines is 3. The molecule has 2 aromatic carbocycles. The predicted molar refractivity (Wildman–Crippen MR) is 129 cm³/mol. The molecule has 0 fully saturated rings. The van der Waals surface area contributed by atoms with Crippen molar-refractivity contribution in [2.24, 2.45) is 0 Å². The molecule has 0 atom stereocenters. The number of carboxylic acid groups (broad SMARTS) is 1. The highest BCUT2D eigenvalue weighted by Gasteiger charge is 2.29. The lowest BCUT2D eigenvalue weighted by atomic mass is 10.1. The van der Waals surface area contributed by atoms with E-state index < -0.39 is 21.6 Å². The lowest BCUT2D eigenvalue weighted by Crippen LogP contribution is -2.37. The largest absolute Gasteiger partial charge is 0.478 e. The molecule has 0 spiro atoms. The van der Waals surface area contributed by atoms with Crippen LogP contribution in [0.4, 0.5) is 21.8 Å². The molecule has 12 heteroatoms. The van der Waals surface area contributed by atoms with E-state index in [-0.39, 0.29) is 29.6 Å². The van der Waals surface area contributed by atoms with Crippen molar-refractivity contribution in [1.29, 1.82) is 0 Å². The number of nitrogens with one attached hydrogen (secondary N) is 3. The summed E-state index contributed by atoms with van der Waals surface area (Å²) < 4.78 is 46.0. The van der Waals surface area contributed by atoms with Gasteiger partial charge in [0, 0.05) is 30.5 Å². The number of carboxylic acids is 1. The molecule has 1 aromatic heterocycles. The van der Waals surface area contributed by atoms with Gasteiger partial charge in [-0.05, 0) is 69.3 Å². The van der Waals surface area contributed by atoms with Gasteiger partial charge in [0.05, 0.1) is 4.90 Å². The lowest BCUT2D eigenvalue weighted by Gasteiger charge is -2.21. The molecule has 35 heavy (non-hydrogen) atoms. The molecule has 1 heterocycles. The molecule has 0 amide bonds. The molecule has 3 rings (SSSR count). The number of sulfonamides is 1. The number of ether oxygens (including phenoxy) is 1. The van der Waals surface area contributed by atoms with E-state index in [1.807, 2.05) is 0 Å². The Morgan fingerprint density at radius 2 is 1.71 bits per heavy atom. The standard InChI is InChI=1S/C23H26FN5O5S/c1-15-14-20(28-17-6-4-16(24)5-7-17)29-22(27-15)25-12-13-26-35(32,33)19-10-8-18(9-11-19)34-23(2,3)21(30)31/h4-11,14,26H,12-13H2,1-3H3,(H,30,31)(H2,25,27,28,29). The van der Waals surface area contributed by atoms with E-state index in [0.717, 1.165) is 0 Å². The fourth-order valence-corrected chi connectivity index (χ4v) is 3.89. The van der Waals surface area contributed by atoms with E-state index in [1.54, 1.807) is 25.1 Å². The van der Waals surface area contributed by atoms with E-state index in [0.29, 0.717) is 23.1 Å².